The van der Waals surface area contributed by atoms with Gasteiger partial charge in [-0.3, -0.25) is 0 Å². The van der Waals surface area contributed by atoms with Crippen LogP contribution < -0.4 is 0 Å². The molecule has 0 N–H and O–H groups in total. The molecule has 0 radical (unpaired) electrons. The molecule has 0 aliphatic rings. The Balaban J connectivity index is 3.02. The van der Waals surface area contributed by atoms with E-state index in [4.69, 9.17) is 20.5 Å². The Bertz CT molecular complexity index is 316. The molecule has 1 rings (SSSR count). The summed E-state index contributed by atoms with van der Waals surface area (Å²) >= 11 is 5.96. The van der Waals surface area contributed by atoms with Crippen LogP contribution in [0.5, 0.6) is 0 Å². The summed E-state index contributed by atoms with van der Waals surface area (Å²) in [5.41, 5.74) is 2.83. The Morgan fingerprint density at radius 1 is 1.25 bits per heavy atom. The molecule has 0 spiro atoms. The SMILES string of the molecule is CCC(c1ccccc1CCl)[SiH](OC)OC. The van der Waals surface area contributed by atoms with E-state index in [1.165, 1.54) is 11.1 Å². The zero-order valence-electron chi connectivity index (χ0n) is 10.1. The van der Waals surface area contributed by atoms with Gasteiger partial charge in [0.25, 0.3) is 0 Å². The summed E-state index contributed by atoms with van der Waals surface area (Å²) in [6.07, 6.45) is 1.02. The smallest absolute Gasteiger partial charge is 0.328 e. The molecule has 0 bridgehead atoms. The lowest BCUT2D eigenvalue weighted by atomic mass is 10.0. The lowest BCUT2D eigenvalue weighted by Crippen LogP contribution is -2.29. The first kappa shape index (κ1) is 13.7. The molecule has 0 aliphatic carbocycles. The van der Waals surface area contributed by atoms with E-state index < -0.39 is 9.28 Å². The fourth-order valence-electron chi connectivity index (χ4n) is 2.00. The number of benzene rings is 1. The minimum atomic E-state index is -1.63. The van der Waals surface area contributed by atoms with Crippen molar-refractivity contribution < 1.29 is 8.85 Å². The zero-order chi connectivity index (χ0) is 12.0. The Morgan fingerprint density at radius 2 is 1.88 bits per heavy atom. The first-order valence-electron chi connectivity index (χ1n) is 5.47. The minimum Gasteiger partial charge on any atom is -0.400 e. The molecule has 90 valence electrons. The van der Waals surface area contributed by atoms with E-state index in [-0.39, 0.29) is 0 Å². The van der Waals surface area contributed by atoms with Crippen LogP contribution in [0.1, 0.15) is 30.0 Å². The van der Waals surface area contributed by atoms with Crippen LogP contribution in [0.4, 0.5) is 0 Å². The van der Waals surface area contributed by atoms with Crippen molar-refractivity contribution in [2.45, 2.75) is 24.8 Å². The molecule has 1 atom stereocenters. The Labute approximate surface area is 104 Å². The van der Waals surface area contributed by atoms with Crippen molar-refractivity contribution in [3.63, 3.8) is 0 Å². The average Bonchev–Trinajstić information content (AvgIpc) is 2.35. The highest BCUT2D eigenvalue weighted by molar-refractivity contribution is 6.46. The highest BCUT2D eigenvalue weighted by atomic mass is 35.5. The van der Waals surface area contributed by atoms with Gasteiger partial charge in [-0.2, -0.15) is 0 Å². The molecule has 1 unspecified atom stereocenters. The van der Waals surface area contributed by atoms with E-state index in [9.17, 15) is 0 Å². The quantitative estimate of drug-likeness (QED) is 0.577. The molecular weight excluding hydrogens is 240 g/mol. The molecule has 0 amide bonds. The highest BCUT2D eigenvalue weighted by Gasteiger charge is 2.25. The molecular formula is C12H19ClO2Si. The molecule has 0 fully saturated rings. The monoisotopic (exact) mass is 258 g/mol. The van der Waals surface area contributed by atoms with E-state index in [2.05, 4.69) is 19.1 Å². The van der Waals surface area contributed by atoms with Gasteiger partial charge in [0.2, 0.25) is 0 Å². The van der Waals surface area contributed by atoms with Crippen molar-refractivity contribution in [2.24, 2.45) is 0 Å². The Hall–Kier alpha value is -0.353. The van der Waals surface area contributed by atoms with Gasteiger partial charge in [-0.05, 0) is 17.5 Å². The number of hydrogen-bond acceptors (Lipinski definition) is 2. The first-order valence-corrected chi connectivity index (χ1v) is 7.62. The predicted octanol–water partition coefficient (Wildman–Crippen LogP) is 2.97. The molecule has 1 aromatic carbocycles. The second-order valence-electron chi connectivity index (χ2n) is 3.69. The minimum absolute atomic E-state index is 0.366. The number of halogens is 1. The van der Waals surface area contributed by atoms with Crippen LogP contribution in [0.15, 0.2) is 24.3 Å². The lowest BCUT2D eigenvalue weighted by molar-refractivity contribution is 0.265. The molecule has 4 heteroatoms. The maximum absolute atomic E-state index is 5.96. The maximum atomic E-state index is 5.96. The summed E-state index contributed by atoms with van der Waals surface area (Å²) in [6, 6.07) is 8.26. The third-order valence-corrected chi connectivity index (χ3v) is 5.54. The zero-order valence-corrected chi connectivity index (χ0v) is 12.0. The lowest BCUT2D eigenvalue weighted by Gasteiger charge is -2.23. The summed E-state index contributed by atoms with van der Waals surface area (Å²) in [6.45, 7) is 2.16. The predicted molar refractivity (Wildman–Crippen MR) is 70.2 cm³/mol. The van der Waals surface area contributed by atoms with Crippen molar-refractivity contribution in [1.29, 1.82) is 0 Å². The van der Waals surface area contributed by atoms with Gasteiger partial charge in [-0.1, -0.05) is 31.2 Å². The molecule has 1 aromatic rings. The third kappa shape index (κ3) is 3.07. The van der Waals surface area contributed by atoms with Crippen LogP contribution in [0.2, 0.25) is 0 Å². The highest BCUT2D eigenvalue weighted by Crippen LogP contribution is 2.27. The van der Waals surface area contributed by atoms with E-state index >= 15 is 0 Å². The van der Waals surface area contributed by atoms with Gasteiger partial charge in [0.1, 0.15) is 0 Å². The molecule has 0 aliphatic heterocycles. The van der Waals surface area contributed by atoms with Crippen molar-refractivity contribution in [2.75, 3.05) is 14.2 Å². The van der Waals surface area contributed by atoms with Gasteiger partial charge >= 0.3 is 9.28 Å². The van der Waals surface area contributed by atoms with Crippen molar-refractivity contribution >= 4 is 20.9 Å². The van der Waals surface area contributed by atoms with Gasteiger partial charge in [-0.25, -0.2) is 0 Å². The fraction of sp³-hybridized carbons (Fsp3) is 0.500. The normalized spacial score (nSPS) is 13.1. The van der Waals surface area contributed by atoms with Crippen LogP contribution in [0.3, 0.4) is 0 Å². The van der Waals surface area contributed by atoms with E-state index in [0.29, 0.717) is 11.4 Å². The second kappa shape index (κ2) is 7.07. The number of alkyl halides is 1. The molecule has 0 aromatic heterocycles. The number of hydrogen-bond donors (Lipinski definition) is 0. The molecule has 0 saturated carbocycles. The molecule has 0 heterocycles. The number of rotatable bonds is 6. The van der Waals surface area contributed by atoms with Crippen molar-refractivity contribution in [3.8, 4) is 0 Å². The Morgan fingerprint density at radius 3 is 2.38 bits per heavy atom. The van der Waals surface area contributed by atoms with Gasteiger partial charge in [0, 0.05) is 25.6 Å². The van der Waals surface area contributed by atoms with Gasteiger partial charge < -0.3 is 8.85 Å². The summed E-state index contributed by atoms with van der Waals surface area (Å²) in [7, 11) is 1.82. The van der Waals surface area contributed by atoms with E-state index in [1.54, 1.807) is 14.2 Å². The van der Waals surface area contributed by atoms with Gasteiger partial charge in [0.05, 0.1) is 0 Å². The summed E-state index contributed by atoms with van der Waals surface area (Å²) in [5.74, 6) is 0.543. The van der Waals surface area contributed by atoms with Crippen molar-refractivity contribution in [1.82, 2.24) is 0 Å². The van der Waals surface area contributed by atoms with Crippen LogP contribution >= 0.6 is 11.6 Å². The summed E-state index contributed by atoms with van der Waals surface area (Å²) in [4.78, 5) is 0. The van der Waals surface area contributed by atoms with Crippen molar-refractivity contribution in [3.05, 3.63) is 35.4 Å². The maximum Gasteiger partial charge on any atom is 0.328 e. The van der Waals surface area contributed by atoms with Crippen LogP contribution in [-0.2, 0) is 14.7 Å². The van der Waals surface area contributed by atoms with Crippen LogP contribution in [0.25, 0.3) is 0 Å². The van der Waals surface area contributed by atoms with E-state index in [1.807, 2.05) is 12.1 Å². The van der Waals surface area contributed by atoms with Crippen LogP contribution in [0, 0.1) is 0 Å². The third-order valence-electron chi connectivity index (χ3n) is 2.83. The summed E-state index contributed by atoms with van der Waals surface area (Å²) < 4.78 is 11.0. The fourth-order valence-corrected chi connectivity index (χ4v) is 4.10. The van der Waals surface area contributed by atoms with Crippen LogP contribution in [-0.4, -0.2) is 23.5 Å². The van der Waals surface area contributed by atoms with Gasteiger partial charge in [-0.15, -0.1) is 11.6 Å². The molecule has 2 nitrogen and oxygen atoms in total. The standard InChI is InChI=1S/C12H19ClO2Si/c1-4-12(16(14-2)15-3)11-8-6-5-7-10(11)9-13/h5-8,12,16H,4,9H2,1-3H3. The van der Waals surface area contributed by atoms with E-state index in [0.717, 1.165) is 6.42 Å². The first-order chi connectivity index (χ1) is 7.78. The average molecular weight is 259 g/mol. The largest absolute Gasteiger partial charge is 0.400 e. The molecule has 0 saturated heterocycles. The summed E-state index contributed by atoms with van der Waals surface area (Å²) in [5, 5.41) is 0. The second-order valence-corrected chi connectivity index (χ2v) is 6.44. The topological polar surface area (TPSA) is 18.5 Å². The molecule has 16 heavy (non-hydrogen) atoms. The van der Waals surface area contributed by atoms with Gasteiger partial charge in [0.15, 0.2) is 0 Å². The Kier molecular flexibility index (Phi) is 6.06.